The Morgan fingerprint density at radius 1 is 1.28 bits per heavy atom. The van der Waals surface area contributed by atoms with Gasteiger partial charge >= 0.3 is 0 Å². The summed E-state index contributed by atoms with van der Waals surface area (Å²) >= 11 is 3.34. The van der Waals surface area contributed by atoms with E-state index in [0.717, 1.165) is 15.8 Å². The number of ether oxygens (including phenoxy) is 1. The monoisotopic (exact) mass is 307 g/mol. The third-order valence-corrected chi connectivity index (χ3v) is 3.01. The molecule has 0 N–H and O–H groups in total. The molecule has 1 aromatic carbocycles. The van der Waals surface area contributed by atoms with Gasteiger partial charge in [-0.1, -0.05) is 12.1 Å². The summed E-state index contributed by atoms with van der Waals surface area (Å²) in [5.41, 5.74) is 1.14. The summed E-state index contributed by atoms with van der Waals surface area (Å²) < 4.78 is 8.12. The van der Waals surface area contributed by atoms with Gasteiger partial charge in [-0.25, -0.2) is 0 Å². The standard InChI is InChI=1S/C14H14BrNO2/c1-11-3-2-4-13(9-11)18-8-7-16-10-12(15)5-6-14(16)17/h2-6,9-10H,7-8H2,1H3. The van der Waals surface area contributed by atoms with Crippen LogP contribution in [0.25, 0.3) is 0 Å². The van der Waals surface area contributed by atoms with Crippen LogP contribution in [0.1, 0.15) is 5.56 Å². The van der Waals surface area contributed by atoms with Crippen LogP contribution in [0.5, 0.6) is 5.75 Å². The summed E-state index contributed by atoms with van der Waals surface area (Å²) in [6.07, 6.45) is 1.77. The highest BCUT2D eigenvalue weighted by molar-refractivity contribution is 9.10. The summed E-state index contributed by atoms with van der Waals surface area (Å²) in [6.45, 7) is 3.03. The minimum Gasteiger partial charge on any atom is -0.492 e. The summed E-state index contributed by atoms with van der Waals surface area (Å²) in [7, 11) is 0. The molecule has 0 amide bonds. The lowest BCUT2D eigenvalue weighted by atomic mass is 10.2. The molecule has 0 unspecified atom stereocenters. The maximum atomic E-state index is 11.6. The summed E-state index contributed by atoms with van der Waals surface area (Å²) in [5, 5.41) is 0. The zero-order valence-corrected chi connectivity index (χ0v) is 11.7. The summed E-state index contributed by atoms with van der Waals surface area (Å²) in [4.78, 5) is 11.6. The minimum atomic E-state index is -0.0222. The second kappa shape index (κ2) is 5.87. The molecule has 0 aliphatic rings. The lowest BCUT2D eigenvalue weighted by Crippen LogP contribution is -2.21. The maximum absolute atomic E-state index is 11.6. The van der Waals surface area contributed by atoms with E-state index in [0.29, 0.717) is 13.2 Å². The highest BCUT2D eigenvalue weighted by atomic mass is 79.9. The average Bonchev–Trinajstić information content (AvgIpc) is 2.34. The Balaban J connectivity index is 1.96. The fraction of sp³-hybridized carbons (Fsp3) is 0.214. The van der Waals surface area contributed by atoms with Crippen molar-refractivity contribution in [2.75, 3.05) is 6.61 Å². The topological polar surface area (TPSA) is 31.2 Å². The van der Waals surface area contributed by atoms with Crippen molar-refractivity contribution >= 4 is 15.9 Å². The van der Waals surface area contributed by atoms with Crippen molar-refractivity contribution in [2.45, 2.75) is 13.5 Å². The first kappa shape index (κ1) is 12.9. The molecular weight excluding hydrogens is 294 g/mol. The number of aromatic nitrogens is 1. The first-order valence-corrected chi connectivity index (χ1v) is 6.50. The number of hydrogen-bond acceptors (Lipinski definition) is 2. The molecule has 4 heteroatoms. The number of rotatable bonds is 4. The van der Waals surface area contributed by atoms with Crippen molar-refractivity contribution in [2.24, 2.45) is 0 Å². The Kier molecular flexibility index (Phi) is 4.20. The molecule has 2 rings (SSSR count). The third-order valence-electron chi connectivity index (χ3n) is 2.54. The van der Waals surface area contributed by atoms with E-state index < -0.39 is 0 Å². The van der Waals surface area contributed by atoms with E-state index in [1.54, 1.807) is 16.8 Å². The van der Waals surface area contributed by atoms with Crippen LogP contribution in [0.3, 0.4) is 0 Å². The SMILES string of the molecule is Cc1cccc(OCCn2cc(Br)ccc2=O)c1. The number of aryl methyl sites for hydroxylation is 1. The molecule has 2 aromatic rings. The number of nitrogens with zero attached hydrogens (tertiary/aromatic N) is 1. The van der Waals surface area contributed by atoms with Crippen molar-refractivity contribution in [3.05, 3.63) is 63.0 Å². The molecule has 0 atom stereocenters. The van der Waals surface area contributed by atoms with Crippen LogP contribution in [-0.2, 0) is 6.54 Å². The normalized spacial score (nSPS) is 10.3. The van der Waals surface area contributed by atoms with Gasteiger partial charge in [0.05, 0.1) is 6.54 Å². The van der Waals surface area contributed by atoms with E-state index in [2.05, 4.69) is 15.9 Å². The van der Waals surface area contributed by atoms with Crippen molar-refractivity contribution in [1.29, 1.82) is 0 Å². The zero-order valence-electron chi connectivity index (χ0n) is 10.1. The van der Waals surface area contributed by atoms with Gasteiger partial charge in [0.1, 0.15) is 12.4 Å². The van der Waals surface area contributed by atoms with Gasteiger partial charge < -0.3 is 9.30 Å². The fourth-order valence-electron chi connectivity index (χ4n) is 1.64. The first-order chi connectivity index (χ1) is 8.65. The highest BCUT2D eigenvalue weighted by Crippen LogP contribution is 2.12. The van der Waals surface area contributed by atoms with Gasteiger partial charge in [0, 0.05) is 16.7 Å². The van der Waals surface area contributed by atoms with Crippen molar-refractivity contribution < 1.29 is 4.74 Å². The van der Waals surface area contributed by atoms with Gasteiger partial charge in [-0.3, -0.25) is 4.79 Å². The Hall–Kier alpha value is -1.55. The molecule has 94 valence electrons. The van der Waals surface area contributed by atoms with Crippen LogP contribution in [0.15, 0.2) is 51.9 Å². The molecule has 0 bridgehead atoms. The van der Waals surface area contributed by atoms with Gasteiger partial charge in [-0.05, 0) is 46.6 Å². The van der Waals surface area contributed by atoms with Crippen LogP contribution in [-0.4, -0.2) is 11.2 Å². The van der Waals surface area contributed by atoms with Gasteiger partial charge in [-0.15, -0.1) is 0 Å². The largest absolute Gasteiger partial charge is 0.492 e. The second-order valence-corrected chi connectivity index (χ2v) is 4.96. The quantitative estimate of drug-likeness (QED) is 0.869. The van der Waals surface area contributed by atoms with E-state index in [-0.39, 0.29) is 5.56 Å². The summed E-state index contributed by atoms with van der Waals surface area (Å²) in [6, 6.07) is 11.1. The van der Waals surface area contributed by atoms with Gasteiger partial charge in [0.25, 0.3) is 5.56 Å². The molecule has 0 saturated heterocycles. The van der Waals surface area contributed by atoms with Gasteiger partial charge in [0.15, 0.2) is 0 Å². The second-order valence-electron chi connectivity index (χ2n) is 4.04. The van der Waals surface area contributed by atoms with Gasteiger partial charge in [0.2, 0.25) is 0 Å². The van der Waals surface area contributed by atoms with Crippen LogP contribution in [0.4, 0.5) is 0 Å². The van der Waals surface area contributed by atoms with Crippen LogP contribution in [0.2, 0.25) is 0 Å². The number of pyridine rings is 1. The first-order valence-electron chi connectivity index (χ1n) is 5.70. The average molecular weight is 308 g/mol. The molecule has 0 radical (unpaired) electrons. The molecule has 0 aliphatic carbocycles. The third kappa shape index (κ3) is 3.47. The van der Waals surface area contributed by atoms with E-state index in [1.165, 1.54) is 6.07 Å². The number of halogens is 1. The predicted molar refractivity (Wildman–Crippen MR) is 75.1 cm³/mol. The lowest BCUT2D eigenvalue weighted by molar-refractivity contribution is 0.296. The van der Waals surface area contributed by atoms with Crippen molar-refractivity contribution in [3.63, 3.8) is 0 Å². The van der Waals surface area contributed by atoms with E-state index in [9.17, 15) is 4.79 Å². The maximum Gasteiger partial charge on any atom is 0.250 e. The predicted octanol–water partition coefficient (Wildman–Crippen LogP) is 3.00. The summed E-state index contributed by atoms with van der Waals surface area (Å²) in [5.74, 6) is 0.832. The van der Waals surface area contributed by atoms with Crippen LogP contribution >= 0.6 is 15.9 Å². The smallest absolute Gasteiger partial charge is 0.250 e. The van der Waals surface area contributed by atoms with Crippen LogP contribution in [0, 0.1) is 6.92 Å². The number of benzene rings is 1. The molecule has 0 saturated carbocycles. The number of hydrogen-bond donors (Lipinski definition) is 0. The Morgan fingerprint density at radius 3 is 2.89 bits per heavy atom. The van der Waals surface area contributed by atoms with E-state index >= 15 is 0 Å². The van der Waals surface area contributed by atoms with Gasteiger partial charge in [-0.2, -0.15) is 0 Å². The molecule has 0 fully saturated rings. The Morgan fingerprint density at radius 2 is 2.11 bits per heavy atom. The van der Waals surface area contributed by atoms with E-state index in [1.807, 2.05) is 31.2 Å². The molecule has 1 aromatic heterocycles. The highest BCUT2D eigenvalue weighted by Gasteiger charge is 1.98. The Bertz CT molecular complexity index is 592. The lowest BCUT2D eigenvalue weighted by Gasteiger charge is -2.08. The zero-order chi connectivity index (χ0) is 13.0. The van der Waals surface area contributed by atoms with Crippen molar-refractivity contribution in [1.82, 2.24) is 4.57 Å². The fourth-order valence-corrected chi connectivity index (χ4v) is 2.02. The van der Waals surface area contributed by atoms with Crippen molar-refractivity contribution in [3.8, 4) is 5.75 Å². The molecule has 0 spiro atoms. The van der Waals surface area contributed by atoms with Crippen LogP contribution < -0.4 is 10.3 Å². The molecular formula is C14H14BrNO2. The minimum absolute atomic E-state index is 0.0222. The van der Waals surface area contributed by atoms with E-state index in [4.69, 9.17) is 4.74 Å². The molecule has 1 heterocycles. The molecule has 0 aliphatic heterocycles. The molecule has 18 heavy (non-hydrogen) atoms. The Labute approximate surface area is 114 Å². The molecule has 3 nitrogen and oxygen atoms in total.